The summed E-state index contributed by atoms with van der Waals surface area (Å²) in [5.41, 5.74) is 0. The Morgan fingerprint density at radius 2 is 1.58 bits per heavy atom. The van der Waals surface area contributed by atoms with Gasteiger partial charge in [-0.2, -0.15) is 0 Å². The van der Waals surface area contributed by atoms with E-state index >= 15 is 0 Å². The van der Waals surface area contributed by atoms with E-state index in [1.54, 1.807) is 17.3 Å². The van der Waals surface area contributed by atoms with Crippen molar-refractivity contribution < 1.29 is 80.3 Å². The molecule has 1 aliphatic heterocycles. The first-order chi connectivity index (χ1) is 11.9. The Hall–Kier alpha value is 1.28. The first-order valence-electron chi connectivity index (χ1n) is 7.51. The molecule has 0 aromatic carbocycles. The average molecular weight is 541 g/mol. The van der Waals surface area contributed by atoms with Crippen LogP contribution < -0.4 is 51.4 Å². The Kier molecular flexibility index (Phi) is 22.2. The van der Waals surface area contributed by atoms with Gasteiger partial charge in [0.2, 0.25) is 6.67 Å². The van der Waals surface area contributed by atoms with Crippen LogP contribution in [-0.2, 0) is 26.1 Å². The summed E-state index contributed by atoms with van der Waals surface area (Å²) in [6, 6.07) is 5.72. The summed E-state index contributed by atoms with van der Waals surface area (Å²) in [5, 5.41) is 0. The molecular formula is C15H22Cl2KN3O3PdS. The Morgan fingerprint density at radius 1 is 1.08 bits per heavy atom. The van der Waals surface area contributed by atoms with Crippen LogP contribution >= 0.6 is 19.1 Å². The smallest absolute Gasteiger partial charge is 0.265 e. The predicted octanol–water partition coefficient (Wildman–Crippen LogP) is 0.269. The molecule has 0 saturated carbocycles. The molecule has 11 heteroatoms. The van der Waals surface area contributed by atoms with E-state index in [0.717, 1.165) is 19.4 Å². The molecule has 2 heterocycles. The van der Waals surface area contributed by atoms with Crippen molar-refractivity contribution in [3.05, 3.63) is 49.7 Å². The second-order valence-corrected chi connectivity index (χ2v) is 8.71. The summed E-state index contributed by atoms with van der Waals surface area (Å²) in [6.07, 6.45) is 9.81. The molecule has 2 rings (SSSR count). The van der Waals surface area contributed by atoms with Gasteiger partial charge in [-0.15, -0.1) is 0 Å². The molecule has 1 aromatic heterocycles. The topological polar surface area (TPSA) is 76.6 Å². The molecule has 0 unspecified atom stereocenters. The van der Waals surface area contributed by atoms with Crippen LogP contribution in [-0.4, -0.2) is 46.6 Å². The minimum atomic E-state index is -4.09. The van der Waals surface area contributed by atoms with E-state index in [4.69, 9.17) is 19.1 Å². The van der Waals surface area contributed by atoms with Gasteiger partial charge in [-0.25, -0.2) is 8.42 Å². The third-order valence-corrected chi connectivity index (χ3v) is 3.58. The largest absolute Gasteiger partial charge is 1.00 e. The van der Waals surface area contributed by atoms with Crippen molar-refractivity contribution in [2.75, 3.05) is 18.8 Å². The summed E-state index contributed by atoms with van der Waals surface area (Å²) < 4.78 is 31.2. The second kappa shape index (κ2) is 19.6. The minimum absolute atomic E-state index is 0. The van der Waals surface area contributed by atoms with E-state index in [1.807, 2.05) is 35.5 Å². The van der Waals surface area contributed by atoms with Crippen LogP contribution in [0.2, 0.25) is 0 Å². The van der Waals surface area contributed by atoms with Crippen LogP contribution in [0, 0.1) is 6.67 Å². The number of hydrogen-bond donors (Lipinski definition) is 0. The van der Waals surface area contributed by atoms with Crippen molar-refractivity contribution in [2.24, 2.45) is 0 Å². The van der Waals surface area contributed by atoms with E-state index in [1.165, 1.54) is 0 Å². The molecule has 146 valence electrons. The van der Waals surface area contributed by atoms with Crippen molar-refractivity contribution in [1.29, 1.82) is 0 Å². The monoisotopic (exact) mass is 539 g/mol. The quantitative estimate of drug-likeness (QED) is 0.365. The SMILES string of the molecule is CCCCN1[C]N(CCCS(=O)(=O)[O-])C=C1.[Cl][Pd][Cl].[K+].c1ccncc1. The number of halogens is 2. The maximum absolute atomic E-state index is 10.4. The van der Waals surface area contributed by atoms with E-state index in [0.29, 0.717) is 13.0 Å². The molecule has 6 nitrogen and oxygen atoms in total. The van der Waals surface area contributed by atoms with Crippen molar-refractivity contribution in [3.63, 3.8) is 0 Å². The van der Waals surface area contributed by atoms with E-state index in [-0.39, 0.29) is 73.1 Å². The first kappa shape index (κ1) is 29.5. The van der Waals surface area contributed by atoms with Crippen molar-refractivity contribution in [2.45, 2.75) is 26.2 Å². The van der Waals surface area contributed by atoms with Crippen LogP contribution in [0.3, 0.4) is 0 Å². The minimum Gasteiger partial charge on any atom is -0.265 e. The zero-order chi connectivity index (χ0) is 19.0. The molecule has 1 aromatic rings. The molecule has 0 bridgehead atoms. The molecule has 1 aliphatic rings. The third-order valence-electron chi connectivity index (χ3n) is 2.80. The van der Waals surface area contributed by atoms with E-state index in [9.17, 15) is 13.0 Å². The van der Waals surface area contributed by atoms with Gasteiger partial charge in [0.05, 0.1) is 10.1 Å². The Labute approximate surface area is 216 Å². The summed E-state index contributed by atoms with van der Waals surface area (Å²) in [7, 11) is 5.54. The average Bonchev–Trinajstić information content (AvgIpc) is 3.02. The van der Waals surface area contributed by atoms with Crippen LogP contribution in [0.25, 0.3) is 0 Å². The normalized spacial score (nSPS) is 12.6. The fourth-order valence-corrected chi connectivity index (χ4v) is 2.18. The second-order valence-electron chi connectivity index (χ2n) is 4.82. The molecule has 0 amide bonds. The van der Waals surface area contributed by atoms with Crippen molar-refractivity contribution in [1.82, 2.24) is 14.8 Å². The van der Waals surface area contributed by atoms with Gasteiger partial charge >= 0.3 is 86.4 Å². The Bertz CT molecular complexity index is 530. The van der Waals surface area contributed by atoms with Crippen molar-refractivity contribution >= 4 is 29.2 Å². The number of nitrogens with zero attached hydrogens (tertiary/aromatic N) is 3. The third kappa shape index (κ3) is 20.0. The number of aromatic nitrogens is 1. The van der Waals surface area contributed by atoms with Crippen molar-refractivity contribution in [3.8, 4) is 0 Å². The number of hydrogen-bond acceptors (Lipinski definition) is 6. The maximum Gasteiger partial charge on any atom is 1.00 e. The molecule has 0 atom stereocenters. The fourth-order valence-electron chi connectivity index (χ4n) is 1.69. The van der Waals surface area contributed by atoms with Crippen LogP contribution in [0.15, 0.2) is 43.0 Å². The van der Waals surface area contributed by atoms with Gasteiger partial charge in [0.25, 0.3) is 0 Å². The molecule has 0 fully saturated rings. The molecular weight excluding hydrogens is 519 g/mol. The molecule has 26 heavy (non-hydrogen) atoms. The zero-order valence-electron chi connectivity index (χ0n) is 14.8. The van der Waals surface area contributed by atoms with Gasteiger partial charge < -0.3 is 14.4 Å². The van der Waals surface area contributed by atoms with Crippen LogP contribution in [0.1, 0.15) is 26.2 Å². The summed E-state index contributed by atoms with van der Waals surface area (Å²) >= 11 is -0.106. The summed E-state index contributed by atoms with van der Waals surface area (Å²) in [6.45, 7) is 6.63. The molecule has 0 N–H and O–H groups in total. The fraction of sp³-hybridized carbons (Fsp3) is 0.467. The van der Waals surface area contributed by atoms with E-state index in [2.05, 4.69) is 18.6 Å². The van der Waals surface area contributed by atoms with Crippen LogP contribution in [0.5, 0.6) is 0 Å². The van der Waals surface area contributed by atoms with Gasteiger partial charge in [-0.3, -0.25) is 4.98 Å². The molecule has 0 saturated heterocycles. The summed E-state index contributed by atoms with van der Waals surface area (Å²) in [5.74, 6) is -0.312. The Morgan fingerprint density at radius 3 is 1.92 bits per heavy atom. The maximum atomic E-state index is 10.4. The standard InChI is InChI=1S/C10H18N2O3S.C5H5N.2ClH.K.Pd/c1-2-3-5-11-7-8-12(10-11)6-4-9-16(13,14)15;1-2-4-6-5-3-1;;;;/h7-8H,2-6,9H2,1H3,(H,13,14,15);1-5H;2*1H;;/q;;;;+1;+2/p-3. The number of unbranched alkanes of at least 4 members (excludes halogenated alkanes) is 1. The molecule has 2 radical (unpaired) electrons. The van der Waals surface area contributed by atoms with Gasteiger partial charge in [0, 0.05) is 43.6 Å². The van der Waals surface area contributed by atoms with Gasteiger partial charge in [-0.1, -0.05) is 19.4 Å². The Balaban J connectivity index is 0. The van der Waals surface area contributed by atoms with Gasteiger partial charge in [-0.05, 0) is 25.0 Å². The van der Waals surface area contributed by atoms with E-state index < -0.39 is 10.1 Å². The van der Waals surface area contributed by atoms with Gasteiger partial charge in [0.1, 0.15) is 0 Å². The molecule has 0 spiro atoms. The predicted molar refractivity (Wildman–Crippen MR) is 95.8 cm³/mol. The first-order valence-corrected chi connectivity index (χ1v) is 13.1. The molecule has 0 aliphatic carbocycles. The zero-order valence-corrected chi connectivity index (χ0v) is 21.8. The van der Waals surface area contributed by atoms with Crippen LogP contribution in [0.4, 0.5) is 0 Å². The summed E-state index contributed by atoms with van der Waals surface area (Å²) in [4.78, 5) is 7.50. The number of pyridine rings is 1. The number of rotatable bonds is 7. The van der Waals surface area contributed by atoms with Gasteiger partial charge in [0.15, 0.2) is 0 Å².